The highest BCUT2D eigenvalue weighted by atomic mass is 19.1. The van der Waals surface area contributed by atoms with Gasteiger partial charge in [-0.25, -0.2) is 9.18 Å². The van der Waals surface area contributed by atoms with Crippen molar-refractivity contribution >= 4 is 11.7 Å². The molecule has 2 aromatic carbocycles. The molecular weight excluding hydrogens is 367 g/mol. The zero-order valence-corrected chi connectivity index (χ0v) is 16.2. The maximum Gasteiger partial charge on any atom is 0.410 e. The van der Waals surface area contributed by atoms with E-state index in [4.69, 9.17) is 10.00 Å². The Balaban J connectivity index is 1.55. The van der Waals surface area contributed by atoms with Gasteiger partial charge in [0, 0.05) is 6.04 Å². The van der Waals surface area contributed by atoms with Crippen LogP contribution in [0.5, 0.6) is 0 Å². The molecule has 2 atom stereocenters. The third kappa shape index (κ3) is 4.17. The lowest BCUT2D eigenvalue weighted by Crippen LogP contribution is -2.51. The van der Waals surface area contributed by atoms with E-state index in [2.05, 4.69) is 12.1 Å². The first-order valence-corrected chi connectivity index (χ1v) is 10.0. The van der Waals surface area contributed by atoms with Crippen molar-refractivity contribution in [2.75, 3.05) is 0 Å². The molecule has 4 nitrogen and oxygen atoms in total. The quantitative estimate of drug-likeness (QED) is 0.717. The van der Waals surface area contributed by atoms with Gasteiger partial charge in [0.05, 0.1) is 18.5 Å². The Labute approximate surface area is 170 Å². The summed E-state index contributed by atoms with van der Waals surface area (Å²) in [6, 6.07) is 16.4. The van der Waals surface area contributed by atoms with E-state index >= 15 is 0 Å². The summed E-state index contributed by atoms with van der Waals surface area (Å²) in [7, 11) is 0. The Morgan fingerprint density at radius 3 is 2.79 bits per heavy atom. The molecule has 0 radical (unpaired) electrons. The molecule has 0 spiro atoms. The molecule has 1 amide bonds. The van der Waals surface area contributed by atoms with Crippen molar-refractivity contribution in [2.24, 2.45) is 0 Å². The molecule has 0 saturated carbocycles. The van der Waals surface area contributed by atoms with Crippen LogP contribution in [0.25, 0.3) is 5.57 Å². The summed E-state index contributed by atoms with van der Waals surface area (Å²) in [6.07, 6.45) is 5.48. The third-order valence-electron chi connectivity index (χ3n) is 5.74. The van der Waals surface area contributed by atoms with Gasteiger partial charge in [-0.1, -0.05) is 42.5 Å². The van der Waals surface area contributed by atoms with Crippen LogP contribution in [-0.4, -0.2) is 23.1 Å². The van der Waals surface area contributed by atoms with Gasteiger partial charge in [0.2, 0.25) is 0 Å². The Morgan fingerprint density at radius 1 is 1.21 bits per heavy atom. The van der Waals surface area contributed by atoms with Crippen LogP contribution in [0.1, 0.15) is 42.4 Å². The number of carbonyl (C=O) groups excluding carboxylic acids is 1. The first-order chi connectivity index (χ1) is 14.2. The predicted octanol–water partition coefficient (Wildman–Crippen LogP) is 5.24. The Kier molecular flexibility index (Phi) is 5.62. The van der Waals surface area contributed by atoms with Gasteiger partial charge in [0.25, 0.3) is 0 Å². The number of fused-ring (bicyclic) bond motifs is 2. The molecule has 1 saturated heterocycles. The van der Waals surface area contributed by atoms with E-state index in [1.807, 2.05) is 35.2 Å². The molecule has 1 fully saturated rings. The molecule has 2 aromatic rings. The summed E-state index contributed by atoms with van der Waals surface area (Å²) in [5.41, 5.74) is 3.61. The van der Waals surface area contributed by atoms with Crippen LogP contribution in [0.4, 0.5) is 9.18 Å². The Hall–Kier alpha value is -3.13. The summed E-state index contributed by atoms with van der Waals surface area (Å²) < 4.78 is 19.5. The summed E-state index contributed by atoms with van der Waals surface area (Å²) in [4.78, 5) is 14.7. The van der Waals surface area contributed by atoms with Crippen LogP contribution in [0.3, 0.4) is 0 Å². The molecule has 2 unspecified atom stereocenters. The molecule has 29 heavy (non-hydrogen) atoms. The van der Waals surface area contributed by atoms with Crippen LogP contribution in [-0.2, 0) is 17.8 Å². The lowest BCUT2D eigenvalue weighted by atomic mass is 9.81. The first-order valence-electron chi connectivity index (χ1n) is 10.0. The van der Waals surface area contributed by atoms with Gasteiger partial charge >= 0.3 is 6.09 Å². The minimum Gasteiger partial charge on any atom is -0.445 e. The van der Waals surface area contributed by atoms with E-state index in [-0.39, 0.29) is 37.0 Å². The third-order valence-corrected chi connectivity index (χ3v) is 5.74. The number of benzene rings is 2. The second-order valence-electron chi connectivity index (χ2n) is 7.63. The van der Waals surface area contributed by atoms with Crippen molar-refractivity contribution in [3.63, 3.8) is 0 Å². The van der Waals surface area contributed by atoms with Crippen molar-refractivity contribution in [1.29, 1.82) is 5.26 Å². The fourth-order valence-corrected chi connectivity index (χ4v) is 4.39. The average molecular weight is 390 g/mol. The first kappa shape index (κ1) is 19.2. The fraction of sp³-hybridized carbons (Fsp3) is 0.333. The number of carbonyl (C=O) groups is 1. The second-order valence-corrected chi connectivity index (χ2v) is 7.63. The molecule has 2 heterocycles. The topological polar surface area (TPSA) is 53.3 Å². The number of hydrogen-bond donors (Lipinski definition) is 0. The van der Waals surface area contributed by atoms with E-state index in [0.717, 1.165) is 41.5 Å². The smallest absolute Gasteiger partial charge is 0.410 e. The molecule has 2 bridgehead atoms. The maximum absolute atomic E-state index is 13.9. The lowest BCUT2D eigenvalue weighted by molar-refractivity contribution is 0.0510. The molecular formula is C24H23FN2O2. The van der Waals surface area contributed by atoms with Gasteiger partial charge in [0.15, 0.2) is 0 Å². The molecule has 0 aliphatic carbocycles. The minimum absolute atomic E-state index is 0.0372. The number of amides is 1. The van der Waals surface area contributed by atoms with Gasteiger partial charge in [0.1, 0.15) is 12.4 Å². The normalized spacial score (nSPS) is 20.6. The van der Waals surface area contributed by atoms with Crippen molar-refractivity contribution in [3.05, 3.63) is 77.1 Å². The summed E-state index contributed by atoms with van der Waals surface area (Å²) >= 11 is 0. The van der Waals surface area contributed by atoms with E-state index < -0.39 is 0 Å². The monoisotopic (exact) mass is 390 g/mol. The number of nitrogens with zero attached hydrogens (tertiary/aromatic N) is 2. The number of halogens is 1. The Bertz CT molecular complexity index is 965. The minimum atomic E-state index is -0.308. The van der Waals surface area contributed by atoms with E-state index in [1.54, 1.807) is 6.07 Å². The van der Waals surface area contributed by atoms with Gasteiger partial charge < -0.3 is 4.74 Å². The standard InChI is InChI=1S/C24H23FN2O2/c25-20-10-9-18(11-12-26)23(15-20)19-13-21-7-4-8-22(14-19)27(21)24(28)29-16-17-5-2-1-3-6-17/h1-3,5-6,9-10,13,15,21-22H,4,7-8,11,14,16H2. The highest BCUT2D eigenvalue weighted by Gasteiger charge is 2.38. The lowest BCUT2D eigenvalue weighted by Gasteiger charge is -2.44. The highest BCUT2D eigenvalue weighted by molar-refractivity contribution is 5.75. The van der Waals surface area contributed by atoms with Gasteiger partial charge in [-0.15, -0.1) is 0 Å². The van der Waals surface area contributed by atoms with Crippen molar-refractivity contribution in [1.82, 2.24) is 4.90 Å². The van der Waals surface area contributed by atoms with Gasteiger partial charge in [-0.3, -0.25) is 4.90 Å². The largest absolute Gasteiger partial charge is 0.445 e. The van der Waals surface area contributed by atoms with E-state index in [0.29, 0.717) is 6.42 Å². The summed E-state index contributed by atoms with van der Waals surface area (Å²) in [5, 5.41) is 9.11. The predicted molar refractivity (Wildman–Crippen MR) is 108 cm³/mol. The fourth-order valence-electron chi connectivity index (χ4n) is 4.39. The van der Waals surface area contributed by atoms with Crippen LogP contribution < -0.4 is 0 Å². The summed E-state index contributed by atoms with van der Waals surface area (Å²) in [6.45, 7) is 0.252. The zero-order valence-electron chi connectivity index (χ0n) is 16.2. The van der Waals surface area contributed by atoms with Crippen molar-refractivity contribution in [3.8, 4) is 6.07 Å². The van der Waals surface area contributed by atoms with Crippen LogP contribution in [0, 0.1) is 17.1 Å². The molecule has 2 aliphatic heterocycles. The van der Waals surface area contributed by atoms with Gasteiger partial charge in [-0.2, -0.15) is 5.26 Å². The number of nitriles is 1. The van der Waals surface area contributed by atoms with Crippen molar-refractivity contribution in [2.45, 2.75) is 50.8 Å². The Morgan fingerprint density at radius 2 is 2.03 bits per heavy atom. The van der Waals surface area contributed by atoms with Crippen LogP contribution in [0.15, 0.2) is 54.6 Å². The number of ether oxygens (including phenoxy) is 1. The second kappa shape index (κ2) is 8.48. The average Bonchev–Trinajstić information content (AvgIpc) is 2.73. The SMILES string of the molecule is N#CCc1ccc(F)cc1C1=CC2CCCC(C1)N2C(=O)OCc1ccccc1. The number of piperidine rings is 1. The molecule has 4 rings (SSSR count). The van der Waals surface area contributed by atoms with E-state index in [9.17, 15) is 9.18 Å². The number of hydrogen-bond acceptors (Lipinski definition) is 3. The molecule has 148 valence electrons. The van der Waals surface area contributed by atoms with Crippen LogP contribution >= 0.6 is 0 Å². The summed E-state index contributed by atoms with van der Waals surface area (Å²) in [5.74, 6) is -0.308. The maximum atomic E-state index is 13.9. The van der Waals surface area contributed by atoms with E-state index in [1.165, 1.54) is 12.1 Å². The molecule has 2 aliphatic rings. The van der Waals surface area contributed by atoms with Crippen LogP contribution in [0.2, 0.25) is 0 Å². The molecule has 5 heteroatoms. The van der Waals surface area contributed by atoms with Gasteiger partial charge in [-0.05, 0) is 60.1 Å². The molecule has 0 N–H and O–H groups in total. The zero-order chi connectivity index (χ0) is 20.2. The van der Waals surface area contributed by atoms with Crippen molar-refractivity contribution < 1.29 is 13.9 Å². The molecule has 0 aromatic heterocycles. The highest BCUT2D eigenvalue weighted by Crippen LogP contribution is 2.38. The number of rotatable bonds is 4.